The van der Waals surface area contributed by atoms with Gasteiger partial charge in [-0.05, 0) is 25.9 Å². The molecule has 1 aliphatic heterocycles. The SMILES string of the molecule is [2H]N1CCN(CCCCCN)CC1. The van der Waals surface area contributed by atoms with Crippen LogP contribution >= 0.6 is 0 Å². The summed E-state index contributed by atoms with van der Waals surface area (Å²) in [4.78, 5) is 2.45. The minimum absolute atomic E-state index is 0.820. The third kappa shape index (κ3) is 4.04. The zero-order valence-corrected chi connectivity index (χ0v) is 7.84. The summed E-state index contributed by atoms with van der Waals surface area (Å²) >= 11 is 0. The van der Waals surface area contributed by atoms with E-state index < -0.39 is 0 Å². The van der Waals surface area contributed by atoms with Gasteiger partial charge in [-0.25, -0.2) is 0 Å². The second kappa shape index (κ2) is 6.40. The number of nitrogens with zero attached hydrogens (tertiary/aromatic N) is 1. The summed E-state index contributed by atoms with van der Waals surface area (Å²) in [5.41, 5.74) is 5.42. The lowest BCUT2D eigenvalue weighted by atomic mass is 10.2. The largest absolute Gasteiger partial charge is 0.330 e. The van der Waals surface area contributed by atoms with Crippen LogP contribution < -0.4 is 11.0 Å². The van der Waals surface area contributed by atoms with Crippen LogP contribution in [0.3, 0.4) is 0 Å². The third-order valence-corrected chi connectivity index (χ3v) is 2.33. The highest BCUT2D eigenvalue weighted by molar-refractivity contribution is 4.66. The van der Waals surface area contributed by atoms with Gasteiger partial charge in [0.2, 0.25) is 0 Å². The molecule has 3 nitrogen and oxygen atoms in total. The molecule has 3 N–H and O–H groups in total. The molecule has 1 rings (SSSR count). The normalized spacial score (nSPS) is 22.6. The molecule has 0 amide bonds. The van der Waals surface area contributed by atoms with Crippen molar-refractivity contribution in [1.29, 1.82) is 0 Å². The Morgan fingerprint density at radius 2 is 2.00 bits per heavy atom. The third-order valence-electron chi connectivity index (χ3n) is 2.33. The first-order chi connectivity index (χ1) is 6.33. The Bertz CT molecular complexity index is 124. The molecule has 1 fully saturated rings. The van der Waals surface area contributed by atoms with Crippen molar-refractivity contribution in [2.45, 2.75) is 19.3 Å². The average molecular weight is 172 g/mol. The average Bonchev–Trinajstić information content (AvgIpc) is 2.15. The van der Waals surface area contributed by atoms with E-state index in [-0.39, 0.29) is 0 Å². The maximum absolute atomic E-state index is 7.40. The molecule has 0 bridgehead atoms. The van der Waals surface area contributed by atoms with Gasteiger partial charge in [0.15, 0.2) is 0 Å². The van der Waals surface area contributed by atoms with Crippen LogP contribution in [0.2, 0.25) is 1.41 Å². The van der Waals surface area contributed by atoms with Gasteiger partial charge in [-0.15, -0.1) is 0 Å². The molecule has 1 saturated heterocycles. The monoisotopic (exact) mass is 172 g/mol. The van der Waals surface area contributed by atoms with Gasteiger partial charge < -0.3 is 15.9 Å². The van der Waals surface area contributed by atoms with Gasteiger partial charge in [-0.3, -0.25) is 0 Å². The summed E-state index contributed by atoms with van der Waals surface area (Å²) in [6.07, 6.45) is 3.66. The summed E-state index contributed by atoms with van der Waals surface area (Å²) in [6, 6.07) is 0. The number of rotatable bonds is 5. The molecule has 72 valence electrons. The van der Waals surface area contributed by atoms with E-state index in [9.17, 15) is 0 Å². The summed E-state index contributed by atoms with van der Waals surface area (Å²) in [7, 11) is 0. The van der Waals surface area contributed by atoms with Crippen molar-refractivity contribution < 1.29 is 1.41 Å². The maximum atomic E-state index is 7.40. The lowest BCUT2D eigenvalue weighted by molar-refractivity contribution is 0.236. The molecule has 1 aliphatic rings. The van der Waals surface area contributed by atoms with Crippen LogP contribution in [-0.4, -0.2) is 44.2 Å². The molecule has 0 saturated carbocycles. The Labute approximate surface area is 76.8 Å². The second-order valence-electron chi connectivity index (χ2n) is 3.36. The molecule has 0 aromatic rings. The molecular weight excluding hydrogens is 150 g/mol. The van der Waals surface area contributed by atoms with Crippen molar-refractivity contribution in [2.24, 2.45) is 5.73 Å². The van der Waals surface area contributed by atoms with Gasteiger partial charge in [0.1, 0.15) is 1.41 Å². The fraction of sp³-hybridized carbons (Fsp3) is 1.00. The lowest BCUT2D eigenvalue weighted by Gasteiger charge is -2.26. The van der Waals surface area contributed by atoms with Crippen molar-refractivity contribution in [1.82, 2.24) is 10.2 Å². The maximum Gasteiger partial charge on any atom is 0.122 e. The van der Waals surface area contributed by atoms with Crippen molar-refractivity contribution >= 4 is 0 Å². The molecule has 12 heavy (non-hydrogen) atoms. The first-order valence-electron chi connectivity index (χ1n) is 5.44. The van der Waals surface area contributed by atoms with E-state index in [1.807, 2.05) is 0 Å². The van der Waals surface area contributed by atoms with E-state index in [2.05, 4.69) is 4.90 Å². The van der Waals surface area contributed by atoms with Gasteiger partial charge in [0.05, 0.1) is 0 Å². The van der Waals surface area contributed by atoms with Crippen LogP contribution in [-0.2, 0) is 0 Å². The van der Waals surface area contributed by atoms with E-state index in [0.717, 1.165) is 39.1 Å². The number of nitrogens with one attached hydrogen (secondary N) is 1. The second-order valence-corrected chi connectivity index (χ2v) is 3.36. The Morgan fingerprint density at radius 1 is 1.25 bits per heavy atom. The fourth-order valence-corrected chi connectivity index (χ4v) is 1.53. The van der Waals surface area contributed by atoms with Crippen LogP contribution in [0.4, 0.5) is 0 Å². The highest BCUT2D eigenvalue weighted by Crippen LogP contribution is 1.98. The predicted molar refractivity (Wildman–Crippen MR) is 52.2 cm³/mol. The number of hydrogen-bond acceptors (Lipinski definition) is 3. The molecule has 0 aromatic heterocycles. The van der Waals surface area contributed by atoms with Gasteiger partial charge in [0, 0.05) is 26.2 Å². The van der Waals surface area contributed by atoms with E-state index in [1.165, 1.54) is 19.4 Å². The van der Waals surface area contributed by atoms with Crippen molar-refractivity contribution in [3.05, 3.63) is 0 Å². The minimum Gasteiger partial charge on any atom is -0.330 e. The highest BCUT2D eigenvalue weighted by atomic mass is 15.2. The summed E-state index contributed by atoms with van der Waals surface area (Å²) in [5.74, 6) is 0. The van der Waals surface area contributed by atoms with Crippen molar-refractivity contribution in [3.63, 3.8) is 0 Å². The zero-order chi connectivity index (χ0) is 9.52. The number of piperazine rings is 1. The van der Waals surface area contributed by atoms with Gasteiger partial charge >= 0.3 is 0 Å². The van der Waals surface area contributed by atoms with Gasteiger partial charge in [0.25, 0.3) is 0 Å². The quantitative estimate of drug-likeness (QED) is 0.575. The first-order valence-corrected chi connectivity index (χ1v) is 4.99. The smallest absolute Gasteiger partial charge is 0.122 e. The van der Waals surface area contributed by atoms with Crippen LogP contribution in [0.25, 0.3) is 0 Å². The van der Waals surface area contributed by atoms with E-state index in [1.54, 1.807) is 5.31 Å². The molecule has 1 heterocycles. The Balaban J connectivity index is 1.96. The van der Waals surface area contributed by atoms with Gasteiger partial charge in [-0.1, -0.05) is 6.42 Å². The zero-order valence-electron chi connectivity index (χ0n) is 8.84. The minimum atomic E-state index is 0.820. The van der Waals surface area contributed by atoms with Crippen LogP contribution in [0.1, 0.15) is 19.3 Å². The Morgan fingerprint density at radius 3 is 2.67 bits per heavy atom. The number of hydrogen-bond donors (Lipinski definition) is 2. The Hall–Kier alpha value is -0.120. The van der Waals surface area contributed by atoms with Gasteiger partial charge in [-0.2, -0.15) is 0 Å². The molecule has 0 unspecified atom stereocenters. The highest BCUT2D eigenvalue weighted by Gasteiger charge is 2.07. The number of nitrogens with two attached hydrogens (primary N) is 1. The van der Waals surface area contributed by atoms with E-state index in [4.69, 9.17) is 7.15 Å². The van der Waals surface area contributed by atoms with Crippen LogP contribution in [0, 0.1) is 0 Å². The number of unbranched alkanes of at least 4 members (excludes halogenated alkanes) is 2. The molecule has 3 heteroatoms. The first kappa shape index (κ1) is 8.48. The van der Waals surface area contributed by atoms with Crippen LogP contribution in [0.15, 0.2) is 0 Å². The van der Waals surface area contributed by atoms with Crippen molar-refractivity contribution in [2.75, 3.05) is 39.3 Å². The molecular formula is C9H21N3. The van der Waals surface area contributed by atoms with E-state index in [0.29, 0.717) is 0 Å². The molecule has 0 aliphatic carbocycles. The standard InChI is InChI=1S/C9H21N3/c10-4-2-1-3-7-12-8-5-11-6-9-12/h11H,1-10H2/i/hD. The topological polar surface area (TPSA) is 41.3 Å². The predicted octanol–water partition coefficient (Wildman–Crippen LogP) is 0.0206. The fourth-order valence-electron chi connectivity index (χ4n) is 1.53. The Kier molecular flexibility index (Phi) is 4.52. The molecule has 0 spiro atoms. The van der Waals surface area contributed by atoms with E-state index >= 15 is 0 Å². The summed E-state index contributed by atoms with van der Waals surface area (Å²) in [6.45, 7) is 5.93. The molecule has 0 radical (unpaired) electrons. The lowest BCUT2D eigenvalue weighted by Crippen LogP contribution is -2.43. The van der Waals surface area contributed by atoms with Crippen molar-refractivity contribution in [3.8, 4) is 0 Å². The summed E-state index contributed by atoms with van der Waals surface area (Å²) in [5, 5.41) is 1.65. The van der Waals surface area contributed by atoms with Crippen LogP contribution in [0.5, 0.6) is 0 Å². The summed E-state index contributed by atoms with van der Waals surface area (Å²) < 4.78 is 7.40. The molecule has 0 atom stereocenters. The molecule has 0 aromatic carbocycles.